The van der Waals surface area contributed by atoms with Crippen LogP contribution in [0.3, 0.4) is 0 Å². The monoisotopic (exact) mass is 1320 g/mol. The van der Waals surface area contributed by atoms with Gasteiger partial charge in [0.2, 0.25) is 0 Å². The van der Waals surface area contributed by atoms with Gasteiger partial charge in [0.15, 0.2) is 0 Å². The summed E-state index contributed by atoms with van der Waals surface area (Å²) in [6.07, 6.45) is -15.5. The van der Waals surface area contributed by atoms with E-state index in [0.29, 0.717) is 0 Å². The summed E-state index contributed by atoms with van der Waals surface area (Å²) in [6.45, 7) is 0.992. The molecule has 5 aliphatic rings. The van der Waals surface area contributed by atoms with Crippen LogP contribution in [0.4, 0.5) is 0 Å². The number of hydrogen-bond donors (Lipinski definition) is 9. The lowest BCUT2D eigenvalue weighted by Gasteiger charge is -2.26. The van der Waals surface area contributed by atoms with Crippen molar-refractivity contribution >= 4 is 39.1 Å². The largest absolute Gasteiger partial charge is 0.472 e. The number of aromatic amines is 3. The normalized spacial score (nSPS) is 31.5. The van der Waals surface area contributed by atoms with Gasteiger partial charge < -0.3 is 53.3 Å². The molecule has 0 aromatic carbocycles. The van der Waals surface area contributed by atoms with E-state index in [1.165, 1.54) is 33.9 Å². The molecular weight excluding hydrogens is 1260 g/mol. The molecule has 43 heteroatoms. The van der Waals surface area contributed by atoms with Crippen LogP contribution >= 0.6 is 39.1 Å². The van der Waals surface area contributed by atoms with Crippen molar-refractivity contribution in [1.82, 2.24) is 28.7 Å². The van der Waals surface area contributed by atoms with Crippen molar-refractivity contribution < 1.29 is 121 Å². The summed E-state index contributed by atoms with van der Waals surface area (Å²) in [6, 6.07) is 0. The smallest absolute Gasteiger partial charge is 0.390 e. The molecule has 5 aliphatic heterocycles. The molecule has 5 unspecified atom stereocenters. The van der Waals surface area contributed by atoms with Gasteiger partial charge in [0, 0.05) is 80.6 Å². The van der Waals surface area contributed by atoms with Gasteiger partial charge in [0.1, 0.15) is 73.6 Å². The SMILES string of the molecule is CCOP(=O)(O)OC[C@H]1O[C@@H](n2cc(C)c(=O)[nH]c2=O)C[C@@H]1OP(=O)(O)OC[C@H]1OCC[C@@H]1OP(=O)(O)OC[C@H]1O[C@@H](n2cc(C)c(=O)[nH]c2=O)C[C@@H]1OP(=O)(O)OC[C@H]1OCC[C@@H]1OP(=O)(O)OC[C@H]1O[C@@H](n2cc(C)c(=O)[nH]c2=O)C[C@@H]1O. The Kier molecular flexibility index (Phi) is 21.9. The van der Waals surface area contributed by atoms with Crippen LogP contribution in [0.25, 0.3) is 0 Å². The van der Waals surface area contributed by atoms with Crippen molar-refractivity contribution in [2.45, 2.75) is 140 Å². The second-order valence-electron chi connectivity index (χ2n) is 19.8. The Hall–Kier alpha value is -3.65. The summed E-state index contributed by atoms with van der Waals surface area (Å²) in [7, 11) is -25.4. The first-order chi connectivity index (χ1) is 39.8. The first-order valence-electron chi connectivity index (χ1n) is 25.9. The zero-order valence-corrected chi connectivity index (χ0v) is 49.8. The fourth-order valence-corrected chi connectivity index (χ4v) is 14.0. The van der Waals surface area contributed by atoms with E-state index in [1.807, 2.05) is 0 Å². The van der Waals surface area contributed by atoms with Crippen LogP contribution < -0.4 is 33.7 Å². The molecule has 478 valence electrons. The third-order valence-electron chi connectivity index (χ3n) is 13.6. The number of phosphoric acid groups is 5. The van der Waals surface area contributed by atoms with E-state index in [9.17, 15) is 81.2 Å². The van der Waals surface area contributed by atoms with E-state index in [2.05, 4.69) is 19.5 Å². The highest BCUT2D eigenvalue weighted by molar-refractivity contribution is 7.48. The zero-order chi connectivity index (χ0) is 62.0. The fraction of sp³-hybridized carbons (Fsp3) is 0.714. The number of ether oxygens (including phenoxy) is 5. The van der Waals surface area contributed by atoms with Gasteiger partial charge in [-0.15, -0.1) is 0 Å². The van der Waals surface area contributed by atoms with Crippen LogP contribution in [-0.4, -0.2) is 172 Å². The van der Waals surface area contributed by atoms with E-state index in [0.717, 1.165) is 26.1 Å². The third kappa shape index (κ3) is 17.8. The van der Waals surface area contributed by atoms with Gasteiger partial charge in [-0.1, -0.05) is 0 Å². The maximum absolute atomic E-state index is 13.6. The van der Waals surface area contributed by atoms with E-state index in [4.69, 9.17) is 64.4 Å². The molecule has 18 atom stereocenters. The van der Waals surface area contributed by atoms with Crippen LogP contribution in [0, 0.1) is 20.8 Å². The molecule has 9 N–H and O–H groups in total. The summed E-state index contributed by atoms with van der Waals surface area (Å²) >= 11 is 0. The van der Waals surface area contributed by atoms with Crippen molar-refractivity contribution in [2.75, 3.05) is 52.9 Å². The zero-order valence-electron chi connectivity index (χ0n) is 45.3. The van der Waals surface area contributed by atoms with Gasteiger partial charge >= 0.3 is 56.2 Å². The van der Waals surface area contributed by atoms with Gasteiger partial charge in [0.25, 0.3) is 16.7 Å². The summed E-state index contributed by atoms with van der Waals surface area (Å²) in [5.74, 6) is 0. The van der Waals surface area contributed by atoms with Gasteiger partial charge in [-0.25, -0.2) is 37.2 Å². The Bertz CT molecular complexity index is 3500. The molecule has 8 rings (SSSR count). The lowest BCUT2D eigenvalue weighted by Crippen LogP contribution is -2.33. The Morgan fingerprint density at radius 3 is 1.13 bits per heavy atom. The summed E-state index contributed by atoms with van der Waals surface area (Å²) in [4.78, 5) is 134. The highest BCUT2D eigenvalue weighted by Gasteiger charge is 2.48. The van der Waals surface area contributed by atoms with Gasteiger partial charge in [-0.2, -0.15) is 0 Å². The molecule has 5 fully saturated rings. The highest BCUT2D eigenvalue weighted by Crippen LogP contribution is 2.54. The molecule has 0 amide bonds. The van der Waals surface area contributed by atoms with Gasteiger partial charge in [-0.3, -0.25) is 88.3 Å². The van der Waals surface area contributed by atoms with E-state index in [-0.39, 0.29) is 62.2 Å². The molecular formula is C42H63N6O32P5. The first kappa shape index (κ1) is 67.3. The Morgan fingerprint density at radius 1 is 0.459 bits per heavy atom. The molecule has 0 saturated carbocycles. The van der Waals surface area contributed by atoms with Crippen LogP contribution in [0.15, 0.2) is 47.4 Å². The van der Waals surface area contributed by atoms with Crippen LogP contribution in [-0.2, 0) is 91.7 Å². The lowest BCUT2D eigenvalue weighted by molar-refractivity contribution is -0.0560. The molecule has 0 aliphatic carbocycles. The van der Waals surface area contributed by atoms with Crippen LogP contribution in [0.5, 0.6) is 0 Å². The number of hydrogen-bond acceptors (Lipinski definition) is 27. The summed E-state index contributed by atoms with van der Waals surface area (Å²) in [5, 5.41) is 10.6. The molecule has 0 spiro atoms. The lowest BCUT2D eigenvalue weighted by atomic mass is 10.2. The number of nitrogens with zero attached hydrogens (tertiary/aromatic N) is 3. The van der Waals surface area contributed by atoms with Gasteiger partial charge in [-0.05, 0) is 27.7 Å². The van der Waals surface area contributed by atoms with Crippen LogP contribution in [0.2, 0.25) is 0 Å². The molecule has 0 bridgehead atoms. The highest BCUT2D eigenvalue weighted by atomic mass is 31.2. The van der Waals surface area contributed by atoms with E-state index >= 15 is 0 Å². The average molecular weight is 1320 g/mol. The number of nitrogens with one attached hydrogen (secondary N) is 3. The first-order valence-corrected chi connectivity index (χ1v) is 33.4. The summed E-state index contributed by atoms with van der Waals surface area (Å²) < 4.78 is 149. The maximum Gasteiger partial charge on any atom is 0.472 e. The van der Waals surface area contributed by atoms with Crippen molar-refractivity contribution in [3.8, 4) is 0 Å². The van der Waals surface area contributed by atoms with Crippen molar-refractivity contribution in [3.63, 3.8) is 0 Å². The minimum atomic E-state index is -5.28. The number of rotatable bonds is 28. The van der Waals surface area contributed by atoms with Crippen molar-refractivity contribution in [2.24, 2.45) is 0 Å². The second kappa shape index (κ2) is 27.6. The van der Waals surface area contributed by atoms with Crippen molar-refractivity contribution in [3.05, 3.63) is 97.8 Å². The molecule has 3 aromatic heterocycles. The third-order valence-corrected chi connectivity index (χ3v) is 18.7. The standard InChI is InChI=1S/C42H63N6O32P5/c1-5-68-81(56,57)69-19-32-27(11-35(75-32)47-14-22(3)38(51)44-41(47)54)79-84(62,63)71-18-31-26(7-9-67-31)78-83(60,61)73-20-33-28(12-36(76-33)48-15-23(4)39(52)45-42(48)55)80-85(64,65)72-17-30-25(6-8-66-30)77-82(58,59)70-16-29-24(49)10-34(74-29)46-13-21(2)37(50)43-40(46)53/h13-15,24-36,49H,5-12,16-20H2,1-4H3,(H,56,57)(H,58,59)(H,60,61)(H,62,63)(H,64,65)(H,43,50,53)(H,44,51,54)(H,45,52,55)/t24-,25-,26-,27-,28-,29+,30+,31+,32+,33+,34+,35+,36+/m0/s1. The predicted molar refractivity (Wildman–Crippen MR) is 278 cm³/mol. The average Bonchev–Trinajstić information content (AvgIpc) is 2.73. The summed E-state index contributed by atoms with van der Waals surface area (Å²) in [5.41, 5.74) is -4.50. The minimum absolute atomic E-state index is 0.0374. The number of phosphoric ester groups is 5. The Balaban J connectivity index is 0.860. The number of aliphatic hydroxyl groups excluding tert-OH is 1. The van der Waals surface area contributed by atoms with E-state index in [1.54, 1.807) is 0 Å². The number of aromatic nitrogens is 6. The molecule has 3 aromatic rings. The molecule has 5 saturated heterocycles. The van der Waals surface area contributed by atoms with Gasteiger partial charge in [0.05, 0.1) is 45.7 Å². The fourth-order valence-electron chi connectivity index (χ4n) is 9.35. The number of H-pyrrole nitrogens is 3. The molecule has 8 heterocycles. The Labute approximate surface area is 478 Å². The topological polar surface area (TPSA) is 510 Å². The van der Waals surface area contributed by atoms with Crippen molar-refractivity contribution in [1.29, 1.82) is 0 Å². The quantitative estimate of drug-likeness (QED) is 0.0415. The van der Waals surface area contributed by atoms with Crippen LogP contribution in [0.1, 0.15) is 74.4 Å². The van der Waals surface area contributed by atoms with E-state index < -0.39 is 192 Å². The number of aliphatic hydroxyl groups is 1. The minimum Gasteiger partial charge on any atom is -0.390 e. The molecule has 85 heavy (non-hydrogen) atoms. The molecule has 0 radical (unpaired) electrons. The predicted octanol–water partition coefficient (Wildman–Crippen LogP) is -0.474. The maximum atomic E-state index is 13.6. The second-order valence-corrected chi connectivity index (χ2v) is 26.9. The molecule has 38 nitrogen and oxygen atoms in total. The number of aryl methyl sites for hydroxylation is 3. The Morgan fingerprint density at radius 2 is 0.765 bits per heavy atom.